The SMILES string of the molecule is CCCCC(Sc1nnc(-c2cccc(OC)c2)n1Cc1ccco1)C(=O)Nc1cc(C)on1. The number of furan rings is 1. The normalized spacial score (nSPS) is 12.0. The number of nitrogens with one attached hydrogen (secondary N) is 1. The molecule has 3 aromatic heterocycles. The second-order valence-corrected chi connectivity index (χ2v) is 8.93. The maximum Gasteiger partial charge on any atom is 0.239 e. The topological polar surface area (TPSA) is 108 Å². The summed E-state index contributed by atoms with van der Waals surface area (Å²) in [5.41, 5.74) is 0.859. The molecule has 1 unspecified atom stereocenters. The fraction of sp³-hybridized carbons (Fsp3) is 0.333. The molecule has 1 aromatic carbocycles. The number of aryl methyl sites for hydroxylation is 1. The van der Waals surface area contributed by atoms with Gasteiger partial charge >= 0.3 is 0 Å². The minimum absolute atomic E-state index is 0.151. The van der Waals surface area contributed by atoms with Gasteiger partial charge in [-0.3, -0.25) is 9.36 Å². The molecule has 10 heteroatoms. The molecular formula is C24H27N5O4S. The van der Waals surface area contributed by atoms with E-state index in [1.807, 2.05) is 41.0 Å². The Labute approximate surface area is 201 Å². The summed E-state index contributed by atoms with van der Waals surface area (Å²) in [5.74, 6) is 3.04. The van der Waals surface area contributed by atoms with Crippen LogP contribution in [-0.2, 0) is 11.3 Å². The van der Waals surface area contributed by atoms with Crippen molar-refractivity contribution in [3.8, 4) is 17.1 Å². The molecule has 0 aliphatic carbocycles. The lowest BCUT2D eigenvalue weighted by Gasteiger charge is -2.16. The zero-order chi connectivity index (χ0) is 23.9. The zero-order valence-electron chi connectivity index (χ0n) is 19.4. The van der Waals surface area contributed by atoms with Gasteiger partial charge in [0.05, 0.1) is 25.2 Å². The molecule has 178 valence electrons. The molecule has 0 saturated carbocycles. The number of anilines is 1. The maximum absolute atomic E-state index is 13.1. The number of thioether (sulfide) groups is 1. The van der Waals surface area contributed by atoms with Crippen LogP contribution in [0.5, 0.6) is 5.75 Å². The molecule has 34 heavy (non-hydrogen) atoms. The number of hydrogen-bond acceptors (Lipinski definition) is 8. The molecule has 0 fully saturated rings. The van der Waals surface area contributed by atoms with E-state index < -0.39 is 0 Å². The average molecular weight is 482 g/mol. The molecule has 3 heterocycles. The number of hydrogen-bond donors (Lipinski definition) is 1. The Morgan fingerprint density at radius 3 is 2.82 bits per heavy atom. The molecule has 1 amide bonds. The van der Waals surface area contributed by atoms with Gasteiger partial charge in [0.2, 0.25) is 5.91 Å². The molecule has 9 nitrogen and oxygen atoms in total. The van der Waals surface area contributed by atoms with E-state index in [1.54, 1.807) is 26.4 Å². The van der Waals surface area contributed by atoms with Crippen LogP contribution in [0.2, 0.25) is 0 Å². The van der Waals surface area contributed by atoms with Crippen molar-refractivity contribution in [1.82, 2.24) is 19.9 Å². The third-order valence-corrected chi connectivity index (χ3v) is 6.43. The molecule has 4 rings (SSSR count). The second kappa shape index (κ2) is 11.1. The Hall–Kier alpha value is -3.53. The van der Waals surface area contributed by atoms with Crippen LogP contribution in [0.25, 0.3) is 11.4 Å². The Morgan fingerprint density at radius 1 is 1.24 bits per heavy atom. The van der Waals surface area contributed by atoms with Gasteiger partial charge in [0.15, 0.2) is 16.8 Å². The number of carbonyl (C=O) groups is 1. The molecule has 0 radical (unpaired) electrons. The monoisotopic (exact) mass is 481 g/mol. The number of nitrogens with zero attached hydrogens (tertiary/aromatic N) is 4. The van der Waals surface area contributed by atoms with Crippen LogP contribution in [0.15, 0.2) is 62.8 Å². The first-order valence-corrected chi connectivity index (χ1v) is 12.0. The van der Waals surface area contributed by atoms with Gasteiger partial charge in [-0.1, -0.05) is 48.8 Å². The van der Waals surface area contributed by atoms with Crippen LogP contribution in [0.4, 0.5) is 5.82 Å². The van der Waals surface area contributed by atoms with E-state index in [2.05, 4.69) is 27.6 Å². The number of benzene rings is 1. The lowest BCUT2D eigenvalue weighted by Crippen LogP contribution is -2.26. The highest BCUT2D eigenvalue weighted by molar-refractivity contribution is 8.00. The third kappa shape index (κ3) is 5.69. The van der Waals surface area contributed by atoms with Gasteiger partial charge in [0.1, 0.15) is 17.3 Å². The van der Waals surface area contributed by atoms with E-state index in [0.717, 1.165) is 29.9 Å². The quantitative estimate of drug-likeness (QED) is 0.292. The molecular weight excluding hydrogens is 454 g/mol. The summed E-state index contributed by atoms with van der Waals surface area (Å²) in [7, 11) is 1.63. The van der Waals surface area contributed by atoms with E-state index in [-0.39, 0.29) is 11.2 Å². The number of amides is 1. The summed E-state index contributed by atoms with van der Waals surface area (Å²) >= 11 is 1.38. The van der Waals surface area contributed by atoms with E-state index >= 15 is 0 Å². The summed E-state index contributed by atoms with van der Waals surface area (Å²) in [4.78, 5) is 13.1. The molecule has 1 atom stereocenters. The van der Waals surface area contributed by atoms with Crippen LogP contribution in [0, 0.1) is 6.92 Å². The van der Waals surface area contributed by atoms with Gasteiger partial charge in [-0.25, -0.2) is 0 Å². The lowest BCUT2D eigenvalue weighted by molar-refractivity contribution is -0.115. The second-order valence-electron chi connectivity index (χ2n) is 7.76. The van der Waals surface area contributed by atoms with Crippen LogP contribution in [-0.4, -0.2) is 38.2 Å². The number of ether oxygens (including phenoxy) is 1. The predicted molar refractivity (Wildman–Crippen MR) is 129 cm³/mol. The largest absolute Gasteiger partial charge is 0.497 e. The smallest absolute Gasteiger partial charge is 0.239 e. The predicted octanol–water partition coefficient (Wildman–Crippen LogP) is 5.18. The zero-order valence-corrected chi connectivity index (χ0v) is 20.2. The van der Waals surface area contributed by atoms with Crippen molar-refractivity contribution >= 4 is 23.5 Å². The number of rotatable bonds is 11. The van der Waals surface area contributed by atoms with Gasteiger partial charge in [0, 0.05) is 11.6 Å². The van der Waals surface area contributed by atoms with Crippen molar-refractivity contribution in [3.05, 3.63) is 60.2 Å². The van der Waals surface area contributed by atoms with Crippen molar-refractivity contribution in [2.75, 3.05) is 12.4 Å². The van der Waals surface area contributed by atoms with E-state index in [0.29, 0.717) is 35.5 Å². The van der Waals surface area contributed by atoms with Gasteiger partial charge in [-0.05, 0) is 37.6 Å². The molecule has 0 bridgehead atoms. The molecule has 0 aliphatic rings. The van der Waals surface area contributed by atoms with Crippen LogP contribution in [0.1, 0.15) is 37.7 Å². The summed E-state index contributed by atoms with van der Waals surface area (Å²) in [5, 5.41) is 15.9. The molecule has 0 spiro atoms. The maximum atomic E-state index is 13.1. The summed E-state index contributed by atoms with van der Waals surface area (Å²) in [6, 6.07) is 13.1. The van der Waals surface area contributed by atoms with Crippen molar-refractivity contribution in [1.29, 1.82) is 0 Å². The minimum Gasteiger partial charge on any atom is -0.497 e. The fourth-order valence-electron chi connectivity index (χ4n) is 3.44. The minimum atomic E-state index is -0.380. The first-order valence-electron chi connectivity index (χ1n) is 11.1. The number of methoxy groups -OCH3 is 1. The van der Waals surface area contributed by atoms with Gasteiger partial charge in [0.25, 0.3) is 0 Å². The summed E-state index contributed by atoms with van der Waals surface area (Å²) in [6.07, 6.45) is 4.20. The number of unbranched alkanes of at least 4 members (excludes halogenated alkanes) is 1. The third-order valence-electron chi connectivity index (χ3n) is 5.18. The van der Waals surface area contributed by atoms with Gasteiger partial charge in [-0.15, -0.1) is 10.2 Å². The van der Waals surface area contributed by atoms with Crippen LogP contribution >= 0.6 is 11.8 Å². The average Bonchev–Trinajstić information content (AvgIpc) is 3.59. The highest BCUT2D eigenvalue weighted by Crippen LogP contribution is 2.31. The Balaban J connectivity index is 1.64. The molecule has 4 aromatic rings. The Kier molecular flexibility index (Phi) is 7.69. The van der Waals surface area contributed by atoms with Crippen LogP contribution < -0.4 is 10.1 Å². The Bertz CT molecular complexity index is 1220. The number of aromatic nitrogens is 4. The summed E-state index contributed by atoms with van der Waals surface area (Å²) in [6.45, 7) is 4.31. The molecule has 0 saturated heterocycles. The van der Waals surface area contributed by atoms with E-state index in [1.165, 1.54) is 11.8 Å². The van der Waals surface area contributed by atoms with Gasteiger partial charge < -0.3 is 19.0 Å². The van der Waals surface area contributed by atoms with E-state index in [9.17, 15) is 4.79 Å². The van der Waals surface area contributed by atoms with E-state index in [4.69, 9.17) is 13.7 Å². The highest BCUT2D eigenvalue weighted by Gasteiger charge is 2.25. The fourth-order valence-corrected chi connectivity index (χ4v) is 4.52. The lowest BCUT2D eigenvalue weighted by atomic mass is 10.2. The number of carbonyl (C=O) groups excluding carboxylic acids is 1. The molecule has 1 N–H and O–H groups in total. The highest BCUT2D eigenvalue weighted by atomic mass is 32.2. The summed E-state index contributed by atoms with van der Waals surface area (Å²) < 4.78 is 18.0. The first kappa shape index (κ1) is 23.6. The van der Waals surface area contributed by atoms with Gasteiger partial charge in [-0.2, -0.15) is 0 Å². The van der Waals surface area contributed by atoms with Crippen molar-refractivity contribution in [3.63, 3.8) is 0 Å². The Morgan fingerprint density at radius 2 is 2.12 bits per heavy atom. The van der Waals surface area contributed by atoms with Crippen LogP contribution in [0.3, 0.4) is 0 Å². The molecule has 0 aliphatic heterocycles. The van der Waals surface area contributed by atoms with Crippen molar-refractivity contribution < 1.29 is 18.5 Å². The van der Waals surface area contributed by atoms with Crippen molar-refractivity contribution in [2.45, 2.75) is 50.1 Å². The standard InChI is InChI=1S/C24H27N5O4S/c1-4-5-11-20(23(30)25-21-13-16(2)33-28-21)34-24-27-26-22(17-8-6-9-18(14-17)31-3)29(24)15-19-10-7-12-32-19/h6-10,12-14,20H,4-5,11,15H2,1-3H3,(H,25,28,30). The first-order chi connectivity index (χ1) is 16.6. The van der Waals surface area contributed by atoms with Crippen molar-refractivity contribution in [2.24, 2.45) is 0 Å².